The minimum atomic E-state index is -0.506. The van der Waals surface area contributed by atoms with E-state index in [2.05, 4.69) is 11.7 Å². The van der Waals surface area contributed by atoms with Crippen LogP contribution in [0.2, 0.25) is 0 Å². The molecule has 1 heterocycles. The number of ether oxygens (including phenoxy) is 3. The summed E-state index contributed by atoms with van der Waals surface area (Å²) in [7, 11) is 1.39. The Morgan fingerprint density at radius 2 is 2.00 bits per heavy atom. The summed E-state index contributed by atoms with van der Waals surface area (Å²) >= 11 is 0. The van der Waals surface area contributed by atoms with E-state index in [1.807, 2.05) is 6.08 Å². The molecule has 0 unspecified atom stereocenters. The highest BCUT2D eigenvalue weighted by molar-refractivity contribution is 5.82. The summed E-state index contributed by atoms with van der Waals surface area (Å²) in [6.07, 6.45) is 8.56. The van der Waals surface area contributed by atoms with E-state index >= 15 is 0 Å². The van der Waals surface area contributed by atoms with Crippen molar-refractivity contribution in [1.29, 1.82) is 0 Å². The minimum absolute atomic E-state index is 0.118. The first-order chi connectivity index (χ1) is 8.68. The fourth-order valence-electron chi connectivity index (χ4n) is 2.65. The van der Waals surface area contributed by atoms with E-state index in [-0.39, 0.29) is 11.4 Å². The van der Waals surface area contributed by atoms with Gasteiger partial charge in [-0.15, -0.1) is 0 Å². The number of hydrogen-bond acceptors (Lipinski definition) is 4. The summed E-state index contributed by atoms with van der Waals surface area (Å²) in [4.78, 5) is 11.2. The van der Waals surface area contributed by atoms with Crippen LogP contribution in [-0.2, 0) is 19.0 Å². The van der Waals surface area contributed by atoms with E-state index in [1.165, 1.54) is 13.2 Å². The summed E-state index contributed by atoms with van der Waals surface area (Å²) in [6, 6.07) is 0. The standard InChI is InChI=1S/C14H22O4/c1-3-4-6-14(17-10-11-18-14)13(8-9-13)7-5-12(15)16-2/h5,7H,3-4,6,8-11H2,1-2H3. The van der Waals surface area contributed by atoms with Crippen molar-refractivity contribution in [2.24, 2.45) is 5.41 Å². The summed E-state index contributed by atoms with van der Waals surface area (Å²) in [5.41, 5.74) is -0.118. The fraction of sp³-hybridized carbons (Fsp3) is 0.786. The van der Waals surface area contributed by atoms with Gasteiger partial charge in [0.05, 0.1) is 20.3 Å². The van der Waals surface area contributed by atoms with Gasteiger partial charge < -0.3 is 14.2 Å². The third-order valence-electron chi connectivity index (χ3n) is 3.90. The minimum Gasteiger partial charge on any atom is -0.466 e. The maximum atomic E-state index is 11.2. The van der Waals surface area contributed by atoms with E-state index in [1.54, 1.807) is 0 Å². The Bertz CT molecular complexity index is 325. The van der Waals surface area contributed by atoms with Gasteiger partial charge in [0.1, 0.15) is 0 Å². The number of carbonyl (C=O) groups excluding carboxylic acids is 1. The van der Waals surface area contributed by atoms with Crippen molar-refractivity contribution in [3.8, 4) is 0 Å². The quantitative estimate of drug-likeness (QED) is 0.539. The third-order valence-corrected chi connectivity index (χ3v) is 3.90. The van der Waals surface area contributed by atoms with Gasteiger partial charge in [-0.2, -0.15) is 0 Å². The molecular formula is C14H22O4. The molecule has 1 saturated heterocycles. The van der Waals surface area contributed by atoms with Crippen molar-refractivity contribution in [3.63, 3.8) is 0 Å². The first-order valence-corrected chi connectivity index (χ1v) is 6.73. The Morgan fingerprint density at radius 3 is 2.50 bits per heavy atom. The Labute approximate surface area is 108 Å². The average molecular weight is 254 g/mol. The van der Waals surface area contributed by atoms with Crippen LogP contribution >= 0.6 is 0 Å². The number of rotatable bonds is 6. The molecule has 1 aliphatic carbocycles. The summed E-state index contributed by atoms with van der Waals surface area (Å²) in [5.74, 6) is -0.821. The van der Waals surface area contributed by atoms with E-state index in [0.717, 1.165) is 32.1 Å². The predicted octanol–water partition coefficient (Wildman–Crippen LogP) is 2.43. The van der Waals surface area contributed by atoms with Gasteiger partial charge >= 0.3 is 5.97 Å². The van der Waals surface area contributed by atoms with Crippen LogP contribution < -0.4 is 0 Å². The van der Waals surface area contributed by atoms with Crippen LogP contribution in [0.4, 0.5) is 0 Å². The normalized spacial score (nSPS) is 24.3. The van der Waals surface area contributed by atoms with Crippen molar-refractivity contribution < 1.29 is 19.0 Å². The molecule has 0 aromatic carbocycles. The van der Waals surface area contributed by atoms with Crippen molar-refractivity contribution >= 4 is 5.97 Å². The van der Waals surface area contributed by atoms with Gasteiger partial charge in [-0.1, -0.05) is 19.4 Å². The molecule has 0 bridgehead atoms. The Hall–Kier alpha value is -0.870. The predicted molar refractivity (Wildman–Crippen MR) is 67.0 cm³/mol. The van der Waals surface area contributed by atoms with Gasteiger partial charge in [-0.25, -0.2) is 4.79 Å². The van der Waals surface area contributed by atoms with Crippen LogP contribution in [0, 0.1) is 5.41 Å². The second-order valence-electron chi connectivity index (χ2n) is 5.07. The molecule has 1 saturated carbocycles. The summed E-state index contributed by atoms with van der Waals surface area (Å²) in [6.45, 7) is 3.46. The van der Waals surface area contributed by atoms with E-state index < -0.39 is 5.79 Å². The van der Waals surface area contributed by atoms with E-state index in [0.29, 0.717) is 13.2 Å². The number of methoxy groups -OCH3 is 1. The van der Waals surface area contributed by atoms with Gasteiger partial charge in [0, 0.05) is 17.9 Å². The second-order valence-corrected chi connectivity index (χ2v) is 5.07. The molecule has 0 atom stereocenters. The molecular weight excluding hydrogens is 232 g/mol. The largest absolute Gasteiger partial charge is 0.466 e. The van der Waals surface area contributed by atoms with Gasteiger partial charge in [-0.05, 0) is 19.3 Å². The maximum absolute atomic E-state index is 11.2. The second kappa shape index (κ2) is 5.41. The number of carbonyl (C=O) groups is 1. The Kier molecular flexibility index (Phi) is 4.07. The molecule has 0 amide bonds. The van der Waals surface area contributed by atoms with Crippen molar-refractivity contribution in [2.75, 3.05) is 20.3 Å². The molecule has 2 aliphatic rings. The smallest absolute Gasteiger partial charge is 0.330 e. The van der Waals surface area contributed by atoms with Crippen LogP contribution in [0.3, 0.4) is 0 Å². The number of unbranched alkanes of at least 4 members (excludes halogenated alkanes) is 1. The van der Waals surface area contributed by atoms with Crippen LogP contribution in [0.1, 0.15) is 39.0 Å². The first kappa shape index (κ1) is 13.6. The molecule has 4 nitrogen and oxygen atoms in total. The third kappa shape index (κ3) is 2.45. The maximum Gasteiger partial charge on any atom is 0.330 e. The van der Waals surface area contributed by atoms with Crippen LogP contribution in [-0.4, -0.2) is 32.1 Å². The van der Waals surface area contributed by atoms with Crippen LogP contribution in [0.15, 0.2) is 12.2 Å². The Morgan fingerprint density at radius 1 is 1.33 bits per heavy atom. The molecule has 0 aromatic rings. The molecule has 0 aromatic heterocycles. The van der Waals surface area contributed by atoms with Gasteiger partial charge in [-0.3, -0.25) is 0 Å². The molecule has 0 N–H and O–H groups in total. The molecule has 0 radical (unpaired) electrons. The summed E-state index contributed by atoms with van der Waals surface area (Å²) < 4.78 is 16.5. The average Bonchev–Trinajstić information content (AvgIpc) is 3.05. The van der Waals surface area contributed by atoms with Crippen LogP contribution in [0.25, 0.3) is 0 Å². The molecule has 1 aliphatic heterocycles. The zero-order valence-electron chi connectivity index (χ0n) is 11.2. The van der Waals surface area contributed by atoms with E-state index in [4.69, 9.17) is 9.47 Å². The van der Waals surface area contributed by atoms with Crippen LogP contribution in [0.5, 0.6) is 0 Å². The van der Waals surface area contributed by atoms with Crippen molar-refractivity contribution in [3.05, 3.63) is 12.2 Å². The summed E-state index contributed by atoms with van der Waals surface area (Å²) in [5, 5.41) is 0. The lowest BCUT2D eigenvalue weighted by atomic mass is 9.89. The molecule has 0 spiro atoms. The number of hydrogen-bond donors (Lipinski definition) is 0. The molecule has 102 valence electrons. The van der Waals surface area contributed by atoms with Gasteiger partial charge in [0.2, 0.25) is 0 Å². The lowest BCUT2D eigenvalue weighted by Crippen LogP contribution is -2.40. The number of esters is 1. The Balaban J connectivity index is 2.10. The van der Waals surface area contributed by atoms with Crippen molar-refractivity contribution in [2.45, 2.75) is 44.8 Å². The topological polar surface area (TPSA) is 44.8 Å². The molecule has 2 rings (SSSR count). The molecule has 2 fully saturated rings. The fourth-order valence-corrected chi connectivity index (χ4v) is 2.65. The van der Waals surface area contributed by atoms with Gasteiger partial charge in [0.25, 0.3) is 0 Å². The zero-order valence-corrected chi connectivity index (χ0v) is 11.2. The monoisotopic (exact) mass is 254 g/mol. The zero-order chi connectivity index (χ0) is 13.1. The highest BCUT2D eigenvalue weighted by Crippen LogP contribution is 2.60. The first-order valence-electron chi connectivity index (χ1n) is 6.73. The molecule has 4 heteroatoms. The van der Waals surface area contributed by atoms with Crippen molar-refractivity contribution in [1.82, 2.24) is 0 Å². The molecule has 18 heavy (non-hydrogen) atoms. The van der Waals surface area contributed by atoms with E-state index in [9.17, 15) is 4.79 Å². The highest BCUT2D eigenvalue weighted by Gasteiger charge is 2.61. The lowest BCUT2D eigenvalue weighted by Gasteiger charge is -2.34. The highest BCUT2D eigenvalue weighted by atomic mass is 16.7. The lowest BCUT2D eigenvalue weighted by molar-refractivity contribution is -0.199. The SMILES string of the molecule is CCCCC1(C2(C=CC(=O)OC)CC2)OCCO1. The van der Waals surface area contributed by atoms with Gasteiger partial charge in [0.15, 0.2) is 5.79 Å².